The zero-order chi connectivity index (χ0) is 3.58. The van der Waals surface area contributed by atoms with E-state index in [0.29, 0.717) is 0 Å². The molecule has 0 aliphatic heterocycles. The Morgan fingerprint density at radius 3 is 1.00 bits per heavy atom. The van der Waals surface area contributed by atoms with Gasteiger partial charge >= 0.3 is 18.0 Å². The van der Waals surface area contributed by atoms with Gasteiger partial charge in [0, 0.05) is 0 Å². The van der Waals surface area contributed by atoms with Gasteiger partial charge in [0.05, 0.1) is 0 Å². The Balaban J connectivity index is 0. The second-order valence-electron chi connectivity index (χ2n) is 1.34. The summed E-state index contributed by atoms with van der Waals surface area (Å²) in [5.41, 5.74) is 0. The fraction of sp³-hybridized carbons (Fsp3) is 1.00. The van der Waals surface area contributed by atoms with Gasteiger partial charge in [-0.2, -0.15) is 0 Å². The molecule has 34 valence electrons. The van der Waals surface area contributed by atoms with Crippen LogP contribution in [0.2, 0.25) is 0 Å². The number of rotatable bonds is 0. The summed E-state index contributed by atoms with van der Waals surface area (Å²) in [7, 11) is 6.00. The molecule has 0 aromatic carbocycles. The van der Waals surface area contributed by atoms with E-state index in [4.69, 9.17) is 0 Å². The van der Waals surface area contributed by atoms with Gasteiger partial charge in [0.25, 0.3) is 0 Å². The second kappa shape index (κ2) is 4.52. The van der Waals surface area contributed by atoms with Crippen LogP contribution in [0.15, 0.2) is 0 Å². The monoisotopic (exact) mass is 137 g/mol. The summed E-state index contributed by atoms with van der Waals surface area (Å²) >= 11 is 0. The van der Waals surface area contributed by atoms with E-state index in [1.165, 1.54) is 0 Å². The molecule has 0 aromatic heterocycles. The van der Waals surface area contributed by atoms with Crippen LogP contribution in [0.25, 0.3) is 0 Å². The average Bonchev–Trinajstić information content (AvgIpc) is 0.811. The van der Waals surface area contributed by atoms with Gasteiger partial charge in [-0.25, -0.2) is 0 Å². The van der Waals surface area contributed by atoms with Crippen molar-refractivity contribution in [1.82, 2.24) is 4.90 Å². The summed E-state index contributed by atoms with van der Waals surface area (Å²) in [5.74, 6) is 0. The molecule has 0 heterocycles. The molecule has 0 spiro atoms. The van der Waals surface area contributed by atoms with E-state index in [1.54, 1.807) is 0 Å². The molecule has 0 fully saturated rings. The molecule has 0 radical (unpaired) electrons. The molecule has 0 saturated carbocycles. The minimum absolute atomic E-state index is 0. The molecule has 0 amide bonds. The van der Waals surface area contributed by atoms with E-state index < -0.39 is 0 Å². The van der Waals surface area contributed by atoms with E-state index in [1.807, 2.05) is 26.0 Å². The van der Waals surface area contributed by atoms with Crippen LogP contribution in [0.3, 0.4) is 0 Å². The van der Waals surface area contributed by atoms with E-state index in [-0.39, 0.29) is 18.0 Å². The Morgan fingerprint density at radius 1 is 1.00 bits per heavy atom. The SMILES string of the molecule is CN(C)C.[AsH3]. The van der Waals surface area contributed by atoms with E-state index in [2.05, 4.69) is 0 Å². The van der Waals surface area contributed by atoms with Crippen molar-refractivity contribution in [3.8, 4) is 0 Å². The number of hydrogen-bond acceptors (Lipinski definition) is 1. The number of hydrogen-bond donors (Lipinski definition) is 0. The molecule has 1 nitrogen and oxygen atoms in total. The van der Waals surface area contributed by atoms with Crippen molar-refractivity contribution in [2.24, 2.45) is 0 Å². The van der Waals surface area contributed by atoms with Crippen molar-refractivity contribution >= 4 is 18.0 Å². The molecule has 0 bridgehead atoms. The fourth-order valence-electron chi connectivity index (χ4n) is 0. The Kier molecular flexibility index (Phi) is 8.22. The number of nitrogens with zero attached hydrogens (tertiary/aromatic N) is 1. The van der Waals surface area contributed by atoms with Gasteiger partial charge in [0.1, 0.15) is 0 Å². The van der Waals surface area contributed by atoms with Crippen LogP contribution in [0, 0.1) is 0 Å². The third-order valence-electron chi connectivity index (χ3n) is 0. The molecule has 0 aliphatic carbocycles. The standard InChI is InChI=1S/C3H9N.AsH3/c1-4(2)3;/h1-3H3;1H3. The second-order valence-corrected chi connectivity index (χ2v) is 1.34. The molecule has 0 aliphatic rings. The van der Waals surface area contributed by atoms with Crippen LogP contribution in [0.5, 0.6) is 0 Å². The summed E-state index contributed by atoms with van der Waals surface area (Å²) in [6.45, 7) is 0. The summed E-state index contributed by atoms with van der Waals surface area (Å²) in [6.07, 6.45) is 0. The topological polar surface area (TPSA) is 3.24 Å². The molecule has 5 heavy (non-hydrogen) atoms. The Labute approximate surface area is 44.7 Å². The van der Waals surface area contributed by atoms with Crippen molar-refractivity contribution in [3.63, 3.8) is 0 Å². The van der Waals surface area contributed by atoms with Gasteiger partial charge in [0.2, 0.25) is 0 Å². The predicted octanol–water partition coefficient (Wildman–Crippen LogP) is -1.01. The minimum atomic E-state index is 0. The van der Waals surface area contributed by atoms with Crippen LogP contribution >= 0.6 is 0 Å². The van der Waals surface area contributed by atoms with Gasteiger partial charge in [0.15, 0.2) is 0 Å². The van der Waals surface area contributed by atoms with E-state index in [0.717, 1.165) is 0 Å². The van der Waals surface area contributed by atoms with E-state index >= 15 is 0 Å². The molecule has 1 unspecified atom stereocenters. The summed E-state index contributed by atoms with van der Waals surface area (Å²) < 4.78 is 0. The van der Waals surface area contributed by atoms with Gasteiger partial charge in [-0.05, 0) is 21.1 Å². The first-order chi connectivity index (χ1) is 1.73. The molecular formula is C3H12AsN. The zero-order valence-electron chi connectivity index (χ0n) is 4.15. The van der Waals surface area contributed by atoms with Crippen molar-refractivity contribution in [3.05, 3.63) is 0 Å². The van der Waals surface area contributed by atoms with Crippen LogP contribution in [-0.2, 0) is 0 Å². The Hall–Kier alpha value is 0.518. The average molecular weight is 137 g/mol. The summed E-state index contributed by atoms with van der Waals surface area (Å²) in [5, 5.41) is 0. The van der Waals surface area contributed by atoms with Crippen LogP contribution < -0.4 is 0 Å². The van der Waals surface area contributed by atoms with Gasteiger partial charge in [-0.1, -0.05) is 0 Å². The van der Waals surface area contributed by atoms with Gasteiger partial charge in [-0.3, -0.25) is 0 Å². The van der Waals surface area contributed by atoms with Crippen LogP contribution in [0.4, 0.5) is 0 Å². The Morgan fingerprint density at radius 2 is 1.00 bits per heavy atom. The molecule has 0 rings (SSSR count). The maximum absolute atomic E-state index is 2.00. The predicted molar refractivity (Wildman–Crippen MR) is 29.5 cm³/mol. The molecule has 1 atom stereocenters. The van der Waals surface area contributed by atoms with E-state index in [9.17, 15) is 0 Å². The van der Waals surface area contributed by atoms with Crippen LogP contribution in [-0.4, -0.2) is 44.0 Å². The van der Waals surface area contributed by atoms with Crippen molar-refractivity contribution in [2.75, 3.05) is 21.1 Å². The fourth-order valence-corrected chi connectivity index (χ4v) is 0. The maximum atomic E-state index is 2.00. The molecular weight excluding hydrogens is 125 g/mol. The summed E-state index contributed by atoms with van der Waals surface area (Å²) in [4.78, 5) is 2.00. The zero-order valence-corrected chi connectivity index (χ0v) is 7.12. The quantitative estimate of drug-likeness (QED) is 0.387. The van der Waals surface area contributed by atoms with Crippen molar-refractivity contribution < 1.29 is 0 Å². The first-order valence-corrected chi connectivity index (χ1v) is 1.34. The van der Waals surface area contributed by atoms with Crippen molar-refractivity contribution in [1.29, 1.82) is 0 Å². The Bertz CT molecular complexity index is 11.6. The first kappa shape index (κ1) is 9.10. The van der Waals surface area contributed by atoms with Gasteiger partial charge in [-0.15, -0.1) is 0 Å². The van der Waals surface area contributed by atoms with Crippen molar-refractivity contribution in [2.45, 2.75) is 0 Å². The summed E-state index contributed by atoms with van der Waals surface area (Å²) in [6, 6.07) is 0. The van der Waals surface area contributed by atoms with Gasteiger partial charge < -0.3 is 4.90 Å². The third-order valence-corrected chi connectivity index (χ3v) is 0. The molecule has 0 aromatic rings. The van der Waals surface area contributed by atoms with Crippen LogP contribution in [0.1, 0.15) is 0 Å². The third kappa shape index (κ3) is 107. The molecule has 2 heteroatoms. The normalized spacial score (nSPS) is 7.20. The molecule has 0 saturated heterocycles. The molecule has 0 N–H and O–H groups in total. The first-order valence-electron chi connectivity index (χ1n) is 1.34.